The molecule has 0 spiro atoms. The molecule has 0 bridgehead atoms. The molecular weight excluding hydrogens is 644 g/mol. The number of benzene rings is 1. The molecule has 0 aromatic heterocycles. The van der Waals surface area contributed by atoms with Crippen molar-refractivity contribution in [2.75, 3.05) is 72.0 Å². The van der Waals surface area contributed by atoms with Crippen LogP contribution < -0.4 is 15.4 Å². The molecule has 1 aliphatic rings. The smallest absolute Gasteiger partial charge is 0.415 e. The maximum atomic E-state index is 12.8. The first-order valence-electron chi connectivity index (χ1n) is 16.7. The van der Waals surface area contributed by atoms with Gasteiger partial charge >= 0.3 is 12.2 Å². The van der Waals surface area contributed by atoms with E-state index in [1.54, 1.807) is 29.2 Å². The van der Waals surface area contributed by atoms with Crippen molar-refractivity contribution in [2.45, 2.75) is 70.1 Å². The number of nitrogens with zero attached hydrogens (tertiary/aromatic N) is 2. The summed E-state index contributed by atoms with van der Waals surface area (Å²) < 4.78 is 21.5. The van der Waals surface area contributed by atoms with E-state index in [2.05, 4.69) is 10.6 Å². The lowest BCUT2D eigenvalue weighted by molar-refractivity contribution is -0.138. The number of nitrogens with one attached hydrogen (secondary N) is 2. The standard InChI is InChI=1S/C33H52N4O10S/c1-4-36(5-2)33(43)46-26-13-11-25(12-14-26)27(47-32(42)34-3)10-7-6-8-23-48-28-24-30(40)37(31(28)41)17-15-29(39)35-16-9-19-44-21-22-45-20-18-38/h11-14,27-28,38H,4-10,15-24H2,1-3H3,(H,34,42)(H,35,39). The van der Waals surface area contributed by atoms with Crippen LogP contribution in [-0.4, -0.2) is 122 Å². The van der Waals surface area contributed by atoms with E-state index < -0.39 is 23.5 Å². The van der Waals surface area contributed by atoms with Crippen LogP contribution in [0.15, 0.2) is 24.3 Å². The highest BCUT2D eigenvalue weighted by Gasteiger charge is 2.38. The van der Waals surface area contributed by atoms with Crippen LogP contribution in [0, 0.1) is 0 Å². The molecule has 0 saturated carbocycles. The summed E-state index contributed by atoms with van der Waals surface area (Å²) in [5.74, 6) is 0.362. The zero-order chi connectivity index (χ0) is 35.1. The third-order valence-corrected chi connectivity index (χ3v) is 8.82. The number of thioether (sulfide) groups is 1. The molecule has 15 heteroatoms. The Labute approximate surface area is 287 Å². The van der Waals surface area contributed by atoms with Crippen molar-refractivity contribution in [3.05, 3.63) is 29.8 Å². The molecule has 14 nitrogen and oxygen atoms in total. The van der Waals surface area contributed by atoms with Crippen LogP contribution in [0.3, 0.4) is 0 Å². The molecule has 2 rings (SSSR count). The zero-order valence-electron chi connectivity index (χ0n) is 28.4. The van der Waals surface area contributed by atoms with Gasteiger partial charge in [-0.1, -0.05) is 18.6 Å². The van der Waals surface area contributed by atoms with Gasteiger partial charge in [0, 0.05) is 52.7 Å². The number of aliphatic hydroxyl groups excluding tert-OH is 1. The molecule has 1 saturated heterocycles. The van der Waals surface area contributed by atoms with Crippen LogP contribution in [0.25, 0.3) is 0 Å². The fourth-order valence-corrected chi connectivity index (χ4v) is 6.01. The summed E-state index contributed by atoms with van der Waals surface area (Å²) in [6, 6.07) is 6.93. The van der Waals surface area contributed by atoms with Gasteiger partial charge in [0.05, 0.1) is 31.7 Å². The van der Waals surface area contributed by atoms with Crippen molar-refractivity contribution in [3.63, 3.8) is 0 Å². The molecule has 2 unspecified atom stereocenters. The molecule has 1 aromatic rings. The van der Waals surface area contributed by atoms with Crippen molar-refractivity contribution in [2.24, 2.45) is 0 Å². The first kappa shape index (κ1) is 40.8. The lowest BCUT2D eigenvalue weighted by Crippen LogP contribution is -2.36. The van der Waals surface area contributed by atoms with Gasteiger partial charge in [0.15, 0.2) is 0 Å². The lowest BCUT2D eigenvalue weighted by atomic mass is 10.0. The SMILES string of the molecule is CCN(CC)C(=O)Oc1ccc(C(CCCCCSC2CC(=O)N(CCC(=O)NCCCOCCOCCO)C2=O)OC(=O)NC)cc1. The average Bonchev–Trinajstić information content (AvgIpc) is 3.35. The first-order valence-corrected chi connectivity index (χ1v) is 17.7. The predicted molar refractivity (Wildman–Crippen MR) is 181 cm³/mol. The van der Waals surface area contributed by atoms with Gasteiger partial charge in [-0.15, -0.1) is 11.8 Å². The minimum absolute atomic E-state index is 0.0276. The molecule has 48 heavy (non-hydrogen) atoms. The Balaban J connectivity index is 1.68. The first-order chi connectivity index (χ1) is 23.2. The monoisotopic (exact) mass is 696 g/mol. The number of carbonyl (C=O) groups excluding carboxylic acids is 5. The van der Waals surface area contributed by atoms with Crippen molar-refractivity contribution in [1.29, 1.82) is 0 Å². The van der Waals surface area contributed by atoms with Gasteiger partial charge in [-0.25, -0.2) is 9.59 Å². The minimum Gasteiger partial charge on any atom is -0.441 e. The average molecular weight is 697 g/mol. The molecule has 0 aliphatic carbocycles. The number of alkyl carbamates (subject to hydrolysis) is 1. The Kier molecular flexibility index (Phi) is 20.3. The molecule has 2 atom stereocenters. The molecule has 1 aliphatic heterocycles. The second kappa shape index (κ2) is 23.8. The molecular formula is C33H52N4O10S. The van der Waals surface area contributed by atoms with E-state index in [4.69, 9.17) is 24.1 Å². The van der Waals surface area contributed by atoms with E-state index >= 15 is 0 Å². The Bertz CT molecular complexity index is 1140. The van der Waals surface area contributed by atoms with Crippen molar-refractivity contribution in [1.82, 2.24) is 20.4 Å². The van der Waals surface area contributed by atoms with Gasteiger partial charge in [0.2, 0.25) is 17.7 Å². The molecule has 270 valence electrons. The summed E-state index contributed by atoms with van der Waals surface area (Å²) in [7, 11) is 1.50. The Morgan fingerprint density at radius 2 is 1.71 bits per heavy atom. The van der Waals surface area contributed by atoms with Crippen LogP contribution >= 0.6 is 11.8 Å². The summed E-state index contributed by atoms with van der Waals surface area (Å²) in [6.07, 6.45) is 2.36. The van der Waals surface area contributed by atoms with Crippen molar-refractivity contribution in [3.8, 4) is 5.75 Å². The molecule has 1 heterocycles. The summed E-state index contributed by atoms with van der Waals surface area (Å²) in [5.41, 5.74) is 0.783. The Morgan fingerprint density at radius 3 is 2.38 bits per heavy atom. The number of imide groups is 1. The summed E-state index contributed by atoms with van der Waals surface area (Å²) in [5, 5.41) is 13.4. The van der Waals surface area contributed by atoms with Gasteiger partial charge in [-0.2, -0.15) is 0 Å². The lowest BCUT2D eigenvalue weighted by Gasteiger charge is -2.20. The van der Waals surface area contributed by atoms with Gasteiger partial charge in [-0.3, -0.25) is 19.3 Å². The quantitative estimate of drug-likeness (QED) is 0.107. The number of aliphatic hydroxyl groups is 1. The minimum atomic E-state index is -0.540. The number of carbonyl (C=O) groups is 5. The number of hydrogen-bond acceptors (Lipinski definition) is 11. The van der Waals surface area contributed by atoms with E-state index in [1.807, 2.05) is 13.8 Å². The Morgan fingerprint density at radius 1 is 1.00 bits per heavy atom. The molecule has 0 radical (unpaired) electrons. The highest BCUT2D eigenvalue weighted by Crippen LogP contribution is 2.29. The maximum Gasteiger partial charge on any atom is 0.415 e. The number of likely N-dealkylation sites (tertiary alicyclic amines) is 1. The molecule has 5 amide bonds. The van der Waals surface area contributed by atoms with Crippen LogP contribution in [0.2, 0.25) is 0 Å². The van der Waals surface area contributed by atoms with E-state index in [1.165, 1.54) is 23.7 Å². The Hall–Kier alpha value is -3.40. The third-order valence-electron chi connectivity index (χ3n) is 7.52. The van der Waals surface area contributed by atoms with Gasteiger partial charge < -0.3 is 39.6 Å². The normalized spacial score (nSPS) is 14.9. The number of hydrogen-bond donors (Lipinski definition) is 3. The largest absolute Gasteiger partial charge is 0.441 e. The van der Waals surface area contributed by atoms with Crippen LogP contribution in [0.4, 0.5) is 9.59 Å². The second-order valence-corrected chi connectivity index (χ2v) is 12.3. The van der Waals surface area contributed by atoms with E-state index in [-0.39, 0.29) is 50.3 Å². The van der Waals surface area contributed by atoms with Crippen LogP contribution in [-0.2, 0) is 28.6 Å². The fraction of sp³-hybridized carbons (Fsp3) is 0.667. The van der Waals surface area contributed by atoms with Crippen LogP contribution in [0.5, 0.6) is 5.75 Å². The summed E-state index contributed by atoms with van der Waals surface area (Å²) >= 11 is 1.45. The van der Waals surface area contributed by atoms with Crippen LogP contribution in [0.1, 0.15) is 70.5 Å². The van der Waals surface area contributed by atoms with Gasteiger partial charge in [0.1, 0.15) is 11.9 Å². The second-order valence-electron chi connectivity index (χ2n) is 11.0. The number of ether oxygens (including phenoxy) is 4. The predicted octanol–water partition coefficient (Wildman–Crippen LogP) is 3.27. The number of rotatable bonds is 24. The van der Waals surface area contributed by atoms with Gasteiger partial charge in [-0.05, 0) is 63.0 Å². The molecule has 3 N–H and O–H groups in total. The number of amides is 5. The maximum absolute atomic E-state index is 12.8. The summed E-state index contributed by atoms with van der Waals surface area (Å²) in [6.45, 7) is 6.86. The number of unbranched alkanes of at least 4 members (excludes halogenated alkanes) is 2. The third kappa shape index (κ3) is 15.2. The van der Waals surface area contributed by atoms with Gasteiger partial charge in [0.25, 0.3) is 0 Å². The molecule has 1 fully saturated rings. The fourth-order valence-electron chi connectivity index (χ4n) is 4.82. The van der Waals surface area contributed by atoms with Crippen molar-refractivity contribution < 1.29 is 48.0 Å². The van der Waals surface area contributed by atoms with E-state index in [0.29, 0.717) is 63.8 Å². The molecule has 1 aromatic carbocycles. The van der Waals surface area contributed by atoms with Crippen molar-refractivity contribution >= 4 is 41.7 Å². The van der Waals surface area contributed by atoms with E-state index in [0.717, 1.165) is 24.8 Å². The highest BCUT2D eigenvalue weighted by atomic mass is 32.2. The highest BCUT2D eigenvalue weighted by molar-refractivity contribution is 8.00. The summed E-state index contributed by atoms with van der Waals surface area (Å²) in [4.78, 5) is 64.5. The topological polar surface area (TPSA) is 173 Å². The van der Waals surface area contributed by atoms with E-state index in [9.17, 15) is 24.0 Å². The zero-order valence-corrected chi connectivity index (χ0v) is 29.2.